The molecule has 1 heterocycles. The van der Waals surface area contributed by atoms with Gasteiger partial charge in [0.1, 0.15) is 0 Å². The molecule has 1 aliphatic heterocycles. The quantitative estimate of drug-likeness (QED) is 0.434. The summed E-state index contributed by atoms with van der Waals surface area (Å²) in [6.45, 7) is 0. The largest absolute Gasteiger partial charge is 0.279 e. The zero-order chi connectivity index (χ0) is 10.9. The maximum Gasteiger partial charge on any atom is 0.279 e. The molecule has 1 rings (SSSR count). The van der Waals surface area contributed by atoms with Crippen LogP contribution >= 0.6 is 0 Å². The number of hydrogen-bond acceptors (Lipinski definition) is 6. The monoisotopic (exact) mass is 223 g/mol. The summed E-state index contributed by atoms with van der Waals surface area (Å²) >= 11 is 0. The van der Waals surface area contributed by atoms with Gasteiger partial charge in [0.05, 0.1) is 20.6 Å². The molecule has 7 nitrogen and oxygen atoms in total. The van der Waals surface area contributed by atoms with Crippen LogP contribution in [0.5, 0.6) is 0 Å². The molecule has 0 saturated carbocycles. The minimum absolute atomic E-state index is 0.418. The van der Waals surface area contributed by atoms with E-state index >= 15 is 0 Å². The lowest BCUT2D eigenvalue weighted by atomic mass is 10.4. The minimum Gasteiger partial charge on any atom is -0.273 e. The van der Waals surface area contributed by atoms with Gasteiger partial charge in [-0.1, -0.05) is 0 Å². The highest BCUT2D eigenvalue weighted by atomic mass is 32.2. The zero-order valence-corrected chi connectivity index (χ0v) is 8.41. The van der Waals surface area contributed by atoms with Gasteiger partial charge in [0.25, 0.3) is 21.9 Å². The molecule has 1 fully saturated rings. The van der Waals surface area contributed by atoms with E-state index < -0.39 is 33.6 Å². The van der Waals surface area contributed by atoms with Gasteiger partial charge in [0, 0.05) is 0 Å². The third kappa shape index (κ3) is 1.63. The van der Waals surface area contributed by atoms with Gasteiger partial charge < -0.3 is 0 Å². The van der Waals surface area contributed by atoms with E-state index in [9.17, 15) is 18.0 Å². The highest BCUT2D eigenvalue weighted by Gasteiger charge is 2.47. The topological polar surface area (TPSA) is 90.0 Å². The number of amides is 2. The van der Waals surface area contributed by atoms with E-state index in [-0.39, 0.29) is 0 Å². The summed E-state index contributed by atoms with van der Waals surface area (Å²) in [6, 6.07) is 0. The smallest absolute Gasteiger partial charge is 0.273 e. The average Bonchev–Trinajstić information content (AvgIpc) is 2.42. The molecule has 8 heteroatoms. The van der Waals surface area contributed by atoms with Gasteiger partial charge in [-0.15, -0.1) is 0 Å². The van der Waals surface area contributed by atoms with Crippen LogP contribution < -0.4 is 0 Å². The number of carbonyl (C=O) groups is 2. The lowest BCUT2D eigenvalue weighted by Gasteiger charge is -2.10. The Bertz CT molecular complexity index is 361. The molecule has 0 radical (unpaired) electrons. The normalized spacial score (nSPS) is 23.3. The van der Waals surface area contributed by atoms with Crippen molar-refractivity contribution in [1.29, 1.82) is 0 Å². The van der Waals surface area contributed by atoms with Crippen molar-refractivity contribution in [2.45, 2.75) is 11.7 Å². The number of nitrogens with zero attached hydrogens (tertiary/aromatic N) is 1. The van der Waals surface area contributed by atoms with Gasteiger partial charge in [0.2, 0.25) is 0 Å². The van der Waals surface area contributed by atoms with Crippen LogP contribution in [0.15, 0.2) is 0 Å². The summed E-state index contributed by atoms with van der Waals surface area (Å²) in [5.41, 5.74) is 0. The third-order valence-electron chi connectivity index (χ3n) is 1.83. The molecule has 2 amide bonds. The lowest BCUT2D eigenvalue weighted by Crippen LogP contribution is -2.34. The summed E-state index contributed by atoms with van der Waals surface area (Å²) in [5, 5.41) is -1.07. The molecule has 1 aliphatic rings. The Labute approximate surface area is 80.7 Å². The van der Waals surface area contributed by atoms with Crippen molar-refractivity contribution in [2.75, 3.05) is 14.2 Å². The minimum atomic E-state index is -4.02. The molecule has 0 aromatic rings. The van der Waals surface area contributed by atoms with Crippen LogP contribution in [0.4, 0.5) is 0 Å². The maximum absolute atomic E-state index is 11.3. The molecule has 0 spiro atoms. The Balaban J connectivity index is 2.98. The number of carbonyl (C=O) groups excluding carboxylic acids is 2. The predicted molar refractivity (Wildman–Crippen MR) is 43.2 cm³/mol. The molecule has 80 valence electrons. The van der Waals surface area contributed by atoms with E-state index in [1.165, 1.54) is 0 Å². The molecule has 0 aromatic carbocycles. The fourth-order valence-electron chi connectivity index (χ4n) is 1.12. The summed E-state index contributed by atoms with van der Waals surface area (Å²) in [7, 11) is -1.97. The van der Waals surface area contributed by atoms with Gasteiger partial charge in [-0.2, -0.15) is 13.5 Å². The summed E-state index contributed by atoms with van der Waals surface area (Å²) in [6.07, 6.45) is -0.442. The fraction of sp³-hybridized carbons (Fsp3) is 0.667. The molecule has 0 aliphatic carbocycles. The second-order valence-corrected chi connectivity index (χ2v) is 4.45. The van der Waals surface area contributed by atoms with Gasteiger partial charge in [-0.25, -0.2) is 0 Å². The van der Waals surface area contributed by atoms with Crippen LogP contribution in [0.1, 0.15) is 6.42 Å². The summed E-state index contributed by atoms with van der Waals surface area (Å²) in [4.78, 5) is 26.7. The van der Waals surface area contributed by atoms with Crippen molar-refractivity contribution < 1.29 is 27.0 Å². The molecular formula is C6H9NO6S. The van der Waals surface area contributed by atoms with Crippen LogP contribution in [-0.4, -0.2) is 44.8 Å². The first-order chi connectivity index (χ1) is 6.44. The van der Waals surface area contributed by atoms with E-state index in [1.807, 2.05) is 0 Å². The first-order valence-corrected chi connectivity index (χ1v) is 5.11. The van der Waals surface area contributed by atoms with E-state index in [0.29, 0.717) is 5.06 Å². The van der Waals surface area contributed by atoms with Gasteiger partial charge in [-0.3, -0.25) is 18.6 Å². The van der Waals surface area contributed by atoms with Gasteiger partial charge in [0.15, 0.2) is 5.25 Å². The van der Waals surface area contributed by atoms with Crippen molar-refractivity contribution >= 4 is 21.9 Å². The Morgan fingerprint density at radius 3 is 2.29 bits per heavy atom. The first kappa shape index (κ1) is 11.1. The Morgan fingerprint density at radius 1 is 1.36 bits per heavy atom. The van der Waals surface area contributed by atoms with E-state index in [1.54, 1.807) is 0 Å². The first-order valence-electron chi connectivity index (χ1n) is 3.64. The van der Waals surface area contributed by atoms with E-state index in [4.69, 9.17) is 0 Å². The Hall–Kier alpha value is -0.990. The van der Waals surface area contributed by atoms with E-state index in [2.05, 4.69) is 9.02 Å². The van der Waals surface area contributed by atoms with Crippen LogP contribution in [0, 0.1) is 0 Å². The number of imide groups is 1. The summed E-state index contributed by atoms with van der Waals surface area (Å²) < 4.78 is 26.4. The highest BCUT2D eigenvalue weighted by Crippen LogP contribution is 2.20. The molecule has 1 saturated heterocycles. The van der Waals surface area contributed by atoms with Gasteiger partial charge >= 0.3 is 0 Å². The SMILES string of the molecule is CON1C(=O)CC(S(=O)(=O)OC)C1=O. The average molecular weight is 223 g/mol. The third-order valence-corrected chi connectivity index (χ3v) is 3.36. The van der Waals surface area contributed by atoms with Gasteiger partial charge in [-0.05, 0) is 0 Å². The van der Waals surface area contributed by atoms with Crippen LogP contribution in [0.2, 0.25) is 0 Å². The van der Waals surface area contributed by atoms with Crippen molar-refractivity contribution in [2.24, 2.45) is 0 Å². The molecule has 1 atom stereocenters. The van der Waals surface area contributed by atoms with Crippen LogP contribution in [0.25, 0.3) is 0 Å². The predicted octanol–water partition coefficient (Wildman–Crippen LogP) is -1.35. The summed E-state index contributed by atoms with van der Waals surface area (Å²) in [5.74, 6) is -1.61. The van der Waals surface area contributed by atoms with Crippen LogP contribution in [-0.2, 0) is 28.7 Å². The molecular weight excluding hydrogens is 214 g/mol. The molecule has 1 unspecified atom stereocenters. The second kappa shape index (κ2) is 3.64. The zero-order valence-electron chi connectivity index (χ0n) is 7.59. The Kier molecular flexibility index (Phi) is 2.88. The van der Waals surface area contributed by atoms with Crippen LogP contribution in [0.3, 0.4) is 0 Å². The lowest BCUT2D eigenvalue weighted by molar-refractivity contribution is -0.179. The fourth-order valence-corrected chi connectivity index (χ4v) is 2.04. The van der Waals surface area contributed by atoms with Crippen molar-refractivity contribution in [3.8, 4) is 0 Å². The van der Waals surface area contributed by atoms with Crippen molar-refractivity contribution in [1.82, 2.24) is 5.06 Å². The Morgan fingerprint density at radius 2 is 1.93 bits per heavy atom. The molecule has 0 N–H and O–H groups in total. The number of hydroxylamine groups is 2. The molecule has 0 aromatic heterocycles. The number of hydrogen-bond donors (Lipinski definition) is 0. The standard InChI is InChI=1S/C6H9NO6S/c1-12-7-5(8)3-4(6(7)9)14(10,11)13-2/h4H,3H2,1-2H3. The highest BCUT2D eigenvalue weighted by molar-refractivity contribution is 7.88. The maximum atomic E-state index is 11.3. The molecule has 14 heavy (non-hydrogen) atoms. The molecule has 0 bridgehead atoms. The van der Waals surface area contributed by atoms with E-state index in [0.717, 1.165) is 14.2 Å². The number of rotatable bonds is 3. The van der Waals surface area contributed by atoms with Crippen molar-refractivity contribution in [3.05, 3.63) is 0 Å². The van der Waals surface area contributed by atoms with Crippen molar-refractivity contribution in [3.63, 3.8) is 0 Å². The second-order valence-electron chi connectivity index (χ2n) is 2.56.